The molecule has 150 valence electrons. The number of aromatic amines is 1. The van der Waals surface area contributed by atoms with E-state index in [1.54, 1.807) is 11.3 Å². The molecule has 6 nitrogen and oxygen atoms in total. The van der Waals surface area contributed by atoms with Crippen LogP contribution in [0.2, 0.25) is 0 Å². The van der Waals surface area contributed by atoms with Crippen LogP contribution in [-0.2, 0) is 12.8 Å². The highest BCUT2D eigenvalue weighted by Gasteiger charge is 2.31. The minimum atomic E-state index is -0.0616. The van der Waals surface area contributed by atoms with Crippen LogP contribution in [0.4, 0.5) is 0 Å². The summed E-state index contributed by atoms with van der Waals surface area (Å²) in [6, 6.07) is 1.93. The van der Waals surface area contributed by atoms with Crippen molar-refractivity contribution < 1.29 is 4.52 Å². The van der Waals surface area contributed by atoms with Gasteiger partial charge >= 0.3 is 0 Å². The van der Waals surface area contributed by atoms with Crippen molar-refractivity contribution in [3.63, 3.8) is 0 Å². The summed E-state index contributed by atoms with van der Waals surface area (Å²) in [5.41, 5.74) is 4.22. The fraction of sp³-hybridized carbons (Fsp3) is 0.455. The number of aryl methyl sites for hydroxylation is 3. The van der Waals surface area contributed by atoms with E-state index >= 15 is 0 Å². The third kappa shape index (κ3) is 2.90. The number of hydrogen-bond donors (Lipinski definition) is 1. The van der Waals surface area contributed by atoms with E-state index < -0.39 is 0 Å². The maximum Gasteiger partial charge on any atom is 0.260 e. The number of rotatable bonds is 1. The van der Waals surface area contributed by atoms with Gasteiger partial charge in [-0.25, -0.2) is 9.97 Å². The van der Waals surface area contributed by atoms with Gasteiger partial charge in [0.15, 0.2) is 0 Å². The predicted octanol–water partition coefficient (Wildman–Crippen LogP) is 4.96. The summed E-state index contributed by atoms with van der Waals surface area (Å²) >= 11 is 1.67. The molecular weight excluding hydrogens is 384 g/mol. The Morgan fingerprint density at radius 1 is 1.21 bits per heavy atom. The summed E-state index contributed by atoms with van der Waals surface area (Å²) in [5, 5.41) is 5.60. The highest BCUT2D eigenvalue weighted by atomic mass is 32.1. The van der Waals surface area contributed by atoms with E-state index in [-0.39, 0.29) is 11.0 Å². The second-order valence-electron chi connectivity index (χ2n) is 9.16. The van der Waals surface area contributed by atoms with Gasteiger partial charge in [0.05, 0.1) is 16.5 Å². The molecule has 0 spiro atoms. The van der Waals surface area contributed by atoms with Gasteiger partial charge in [0.2, 0.25) is 0 Å². The van der Waals surface area contributed by atoms with Crippen LogP contribution in [0.25, 0.3) is 32.7 Å². The Bertz CT molecular complexity index is 1320. The molecule has 0 fully saturated rings. The lowest BCUT2D eigenvalue weighted by atomic mass is 9.72. The van der Waals surface area contributed by atoms with E-state index in [0.29, 0.717) is 17.5 Å². The molecule has 4 aromatic heterocycles. The molecule has 29 heavy (non-hydrogen) atoms. The number of aromatic nitrogens is 4. The van der Waals surface area contributed by atoms with Crippen LogP contribution in [0.15, 0.2) is 15.4 Å². The van der Waals surface area contributed by atoms with Crippen LogP contribution in [0.3, 0.4) is 0 Å². The van der Waals surface area contributed by atoms with Crippen LogP contribution in [0, 0.1) is 25.2 Å². The zero-order valence-electron chi connectivity index (χ0n) is 17.3. The first kappa shape index (κ1) is 18.5. The third-order valence-electron chi connectivity index (χ3n) is 6.14. The van der Waals surface area contributed by atoms with Crippen molar-refractivity contribution in [3.05, 3.63) is 38.2 Å². The van der Waals surface area contributed by atoms with Gasteiger partial charge < -0.3 is 9.51 Å². The third-order valence-corrected chi connectivity index (χ3v) is 7.29. The Morgan fingerprint density at radius 2 is 2.00 bits per heavy atom. The van der Waals surface area contributed by atoms with Crippen molar-refractivity contribution in [2.45, 2.75) is 53.9 Å². The molecule has 1 atom stereocenters. The second-order valence-corrected chi connectivity index (χ2v) is 10.2. The summed E-state index contributed by atoms with van der Waals surface area (Å²) in [6.07, 6.45) is 3.09. The van der Waals surface area contributed by atoms with Crippen molar-refractivity contribution in [2.75, 3.05) is 0 Å². The molecule has 0 aliphatic heterocycles. The van der Waals surface area contributed by atoms with Gasteiger partial charge in [0, 0.05) is 16.1 Å². The standard InChI is InChI=1S/C22H24N4O2S/c1-10-8-14(16-11(2)26-28-20(16)23-10)18-24-19(27)17-13-7-6-12(22(3,4)5)9-15(13)29-21(17)25-18/h8,12H,6-7,9H2,1-5H3,(H,24,25,27). The van der Waals surface area contributed by atoms with Crippen LogP contribution < -0.4 is 5.56 Å². The van der Waals surface area contributed by atoms with Gasteiger partial charge in [-0.2, -0.15) is 0 Å². The number of fused-ring (bicyclic) bond motifs is 4. The minimum Gasteiger partial charge on any atom is -0.336 e. The Hall–Kier alpha value is -2.54. The number of nitrogens with zero attached hydrogens (tertiary/aromatic N) is 3. The molecule has 0 aromatic carbocycles. The van der Waals surface area contributed by atoms with Crippen molar-refractivity contribution in [2.24, 2.45) is 11.3 Å². The first-order chi connectivity index (χ1) is 13.7. The lowest BCUT2D eigenvalue weighted by Crippen LogP contribution is -2.26. The average molecular weight is 409 g/mol. The maximum atomic E-state index is 13.1. The van der Waals surface area contributed by atoms with Crippen molar-refractivity contribution >= 4 is 32.7 Å². The molecular formula is C22H24N4O2S. The van der Waals surface area contributed by atoms with E-state index in [4.69, 9.17) is 9.51 Å². The highest BCUT2D eigenvalue weighted by molar-refractivity contribution is 7.18. The van der Waals surface area contributed by atoms with E-state index in [1.807, 2.05) is 19.9 Å². The van der Waals surface area contributed by atoms with Crippen molar-refractivity contribution in [3.8, 4) is 11.4 Å². The SMILES string of the molecule is Cc1cc(-c2nc3sc4c(c3c(=O)[nH]2)CCC(C(C)(C)C)C4)c2c(C)noc2n1. The summed E-state index contributed by atoms with van der Waals surface area (Å²) in [4.78, 5) is 27.5. The van der Waals surface area contributed by atoms with Gasteiger partial charge in [-0.05, 0) is 56.1 Å². The van der Waals surface area contributed by atoms with Gasteiger partial charge in [-0.3, -0.25) is 4.79 Å². The van der Waals surface area contributed by atoms with Crippen LogP contribution >= 0.6 is 11.3 Å². The number of pyridine rings is 1. The molecule has 1 N–H and O–H groups in total. The van der Waals surface area contributed by atoms with E-state index in [2.05, 4.69) is 35.9 Å². The lowest BCUT2D eigenvalue weighted by molar-refractivity contribution is 0.218. The van der Waals surface area contributed by atoms with Crippen LogP contribution in [-0.4, -0.2) is 20.1 Å². The largest absolute Gasteiger partial charge is 0.336 e. The van der Waals surface area contributed by atoms with Gasteiger partial charge in [-0.1, -0.05) is 25.9 Å². The maximum absolute atomic E-state index is 13.1. The molecule has 5 rings (SSSR count). The van der Waals surface area contributed by atoms with E-state index in [1.165, 1.54) is 10.4 Å². The Morgan fingerprint density at radius 3 is 2.76 bits per heavy atom. The zero-order chi connectivity index (χ0) is 20.5. The average Bonchev–Trinajstić information content (AvgIpc) is 3.20. The summed E-state index contributed by atoms with van der Waals surface area (Å²) in [5.74, 6) is 1.18. The first-order valence-electron chi connectivity index (χ1n) is 10.0. The molecule has 4 heterocycles. The van der Waals surface area contributed by atoms with Gasteiger partial charge in [-0.15, -0.1) is 11.3 Å². The highest BCUT2D eigenvalue weighted by Crippen LogP contribution is 2.42. The van der Waals surface area contributed by atoms with Gasteiger partial charge in [0.1, 0.15) is 10.7 Å². The Labute approximate surface area is 172 Å². The monoisotopic (exact) mass is 408 g/mol. The molecule has 0 saturated carbocycles. The Balaban J connectivity index is 1.70. The molecule has 0 saturated heterocycles. The van der Waals surface area contributed by atoms with E-state index in [9.17, 15) is 4.79 Å². The second kappa shape index (κ2) is 6.23. The smallest absolute Gasteiger partial charge is 0.260 e. The molecule has 0 radical (unpaired) electrons. The normalized spacial score (nSPS) is 17.2. The molecule has 1 aliphatic carbocycles. The van der Waals surface area contributed by atoms with Crippen LogP contribution in [0.1, 0.15) is 49.0 Å². The summed E-state index contributed by atoms with van der Waals surface area (Å²) in [6.45, 7) is 10.7. The lowest BCUT2D eigenvalue weighted by Gasteiger charge is -2.33. The molecule has 0 bridgehead atoms. The summed E-state index contributed by atoms with van der Waals surface area (Å²) < 4.78 is 5.34. The molecule has 4 aromatic rings. The number of H-pyrrole nitrogens is 1. The molecule has 1 unspecified atom stereocenters. The fourth-order valence-electron chi connectivity index (χ4n) is 4.46. The predicted molar refractivity (Wildman–Crippen MR) is 115 cm³/mol. The number of hydrogen-bond acceptors (Lipinski definition) is 6. The van der Waals surface area contributed by atoms with Gasteiger partial charge in [0.25, 0.3) is 11.3 Å². The Kier molecular flexibility index (Phi) is 3.97. The minimum absolute atomic E-state index is 0.0616. The number of thiophene rings is 1. The molecule has 0 amide bonds. The topological polar surface area (TPSA) is 84.7 Å². The zero-order valence-corrected chi connectivity index (χ0v) is 18.2. The van der Waals surface area contributed by atoms with Crippen molar-refractivity contribution in [1.29, 1.82) is 0 Å². The van der Waals surface area contributed by atoms with E-state index in [0.717, 1.165) is 51.8 Å². The summed E-state index contributed by atoms with van der Waals surface area (Å²) in [7, 11) is 0. The molecule has 1 aliphatic rings. The quantitative estimate of drug-likeness (QED) is 0.481. The van der Waals surface area contributed by atoms with Crippen LogP contribution in [0.5, 0.6) is 0 Å². The first-order valence-corrected chi connectivity index (χ1v) is 10.8. The molecule has 7 heteroatoms. The van der Waals surface area contributed by atoms with Crippen molar-refractivity contribution in [1.82, 2.24) is 20.1 Å². The number of nitrogens with one attached hydrogen (secondary N) is 1. The fourth-order valence-corrected chi connectivity index (χ4v) is 5.76.